The first kappa shape index (κ1) is 14.2. The van der Waals surface area contributed by atoms with E-state index in [-0.39, 0.29) is 10.7 Å². The molecule has 1 aromatic carbocycles. The Kier molecular flexibility index (Phi) is 4.37. The fraction of sp³-hybridized carbons (Fsp3) is 0.500. The Morgan fingerprint density at radius 1 is 1.26 bits per heavy atom. The van der Waals surface area contributed by atoms with Crippen molar-refractivity contribution in [1.82, 2.24) is 5.32 Å². The Balaban J connectivity index is 2.16. The number of carbonyl (C=O) groups excluding carboxylic acids is 1. The van der Waals surface area contributed by atoms with Gasteiger partial charge < -0.3 is 5.32 Å². The Bertz CT molecular complexity index is 543. The largest absolute Gasteiger partial charge is 0.310 e. The molecule has 104 valence electrons. The molecule has 1 atom stereocenters. The summed E-state index contributed by atoms with van der Waals surface area (Å²) in [6, 6.07) is 7.21. The van der Waals surface area contributed by atoms with Crippen LogP contribution in [0.3, 0.4) is 0 Å². The van der Waals surface area contributed by atoms with Gasteiger partial charge in [-0.15, -0.1) is 0 Å². The fourth-order valence-electron chi connectivity index (χ4n) is 2.39. The molecule has 1 aliphatic heterocycles. The molecule has 5 heteroatoms. The van der Waals surface area contributed by atoms with E-state index >= 15 is 0 Å². The normalized spacial score (nSPS) is 20.2. The second-order valence-corrected chi connectivity index (χ2v) is 7.02. The van der Waals surface area contributed by atoms with E-state index in [1.54, 1.807) is 12.1 Å². The molecule has 4 nitrogen and oxygen atoms in total. The van der Waals surface area contributed by atoms with Gasteiger partial charge in [0, 0.05) is 6.04 Å². The summed E-state index contributed by atoms with van der Waals surface area (Å²) in [5.41, 5.74) is 1.11. The zero-order chi connectivity index (χ0) is 13.9. The predicted molar refractivity (Wildman–Crippen MR) is 73.8 cm³/mol. The van der Waals surface area contributed by atoms with Gasteiger partial charge in [-0.25, -0.2) is 8.42 Å². The minimum atomic E-state index is -3.48. The van der Waals surface area contributed by atoms with E-state index in [9.17, 15) is 13.2 Å². The number of Topliss-reactive ketones (excluding diaryl/α,β-unsaturated/α-hetero) is 1. The van der Waals surface area contributed by atoms with Crippen LogP contribution in [0.5, 0.6) is 0 Å². The van der Waals surface area contributed by atoms with Crippen molar-refractivity contribution in [3.05, 3.63) is 29.8 Å². The molecule has 0 saturated carbocycles. The quantitative estimate of drug-likeness (QED) is 0.915. The van der Waals surface area contributed by atoms with Crippen LogP contribution in [0.15, 0.2) is 29.2 Å². The highest BCUT2D eigenvalue weighted by molar-refractivity contribution is 7.92. The molecule has 19 heavy (non-hydrogen) atoms. The van der Waals surface area contributed by atoms with Crippen LogP contribution < -0.4 is 5.32 Å². The van der Waals surface area contributed by atoms with Crippen molar-refractivity contribution in [2.75, 3.05) is 12.3 Å². The summed E-state index contributed by atoms with van der Waals surface area (Å²) in [7, 11) is -3.48. The molecule has 1 unspecified atom stereocenters. The monoisotopic (exact) mass is 281 g/mol. The molecule has 0 aromatic heterocycles. The second kappa shape index (κ2) is 5.84. The van der Waals surface area contributed by atoms with Crippen molar-refractivity contribution in [3.8, 4) is 0 Å². The standard InChI is InChI=1S/C14H19NO3S/c1-11(16)10-19(17,18)13-7-5-12(6-8-13)14-4-2-3-9-15-14/h5-8,14-15H,2-4,9-10H2,1H3. The maximum absolute atomic E-state index is 11.9. The zero-order valence-electron chi connectivity index (χ0n) is 11.1. The molecule has 1 fully saturated rings. The maximum Gasteiger partial charge on any atom is 0.185 e. The Hall–Kier alpha value is -1.20. The highest BCUT2D eigenvalue weighted by Crippen LogP contribution is 2.24. The number of sulfone groups is 1. The van der Waals surface area contributed by atoms with E-state index < -0.39 is 15.6 Å². The lowest BCUT2D eigenvalue weighted by Crippen LogP contribution is -2.26. The molecule has 0 aliphatic carbocycles. The van der Waals surface area contributed by atoms with Gasteiger partial charge in [-0.2, -0.15) is 0 Å². The van der Waals surface area contributed by atoms with Gasteiger partial charge in [0.1, 0.15) is 11.5 Å². The average Bonchev–Trinajstić information content (AvgIpc) is 2.38. The molecule has 0 radical (unpaired) electrons. The van der Waals surface area contributed by atoms with E-state index in [2.05, 4.69) is 5.32 Å². The molecule has 0 bridgehead atoms. The minimum absolute atomic E-state index is 0.224. The highest BCUT2D eigenvalue weighted by Gasteiger charge is 2.19. The van der Waals surface area contributed by atoms with Crippen LogP contribution in [-0.2, 0) is 14.6 Å². The first-order valence-electron chi connectivity index (χ1n) is 6.54. The maximum atomic E-state index is 11.9. The third kappa shape index (κ3) is 3.64. The van der Waals surface area contributed by atoms with Crippen molar-refractivity contribution < 1.29 is 13.2 Å². The van der Waals surface area contributed by atoms with E-state index in [1.807, 2.05) is 12.1 Å². The average molecular weight is 281 g/mol. The van der Waals surface area contributed by atoms with Gasteiger partial charge in [0.05, 0.1) is 4.90 Å². The number of benzene rings is 1. The first-order chi connectivity index (χ1) is 8.99. The predicted octanol–water partition coefficient (Wildman–Crippen LogP) is 1.86. The molecular formula is C14H19NO3S. The van der Waals surface area contributed by atoms with Crippen LogP contribution >= 0.6 is 0 Å². The number of hydrogen-bond donors (Lipinski definition) is 1. The van der Waals surface area contributed by atoms with Gasteiger partial charge in [0.2, 0.25) is 0 Å². The molecule has 1 saturated heterocycles. The smallest absolute Gasteiger partial charge is 0.185 e. The van der Waals surface area contributed by atoms with E-state index in [0.717, 1.165) is 18.5 Å². The van der Waals surface area contributed by atoms with Crippen LogP contribution in [-0.4, -0.2) is 26.5 Å². The van der Waals surface area contributed by atoms with Crippen LogP contribution in [0.25, 0.3) is 0 Å². The fourth-order valence-corrected chi connectivity index (χ4v) is 3.65. The summed E-state index contributed by atoms with van der Waals surface area (Å²) < 4.78 is 23.8. The lowest BCUT2D eigenvalue weighted by atomic mass is 9.98. The highest BCUT2D eigenvalue weighted by atomic mass is 32.2. The number of piperidine rings is 1. The van der Waals surface area contributed by atoms with Crippen LogP contribution in [0.1, 0.15) is 37.8 Å². The SMILES string of the molecule is CC(=O)CS(=O)(=O)c1ccc(C2CCCCN2)cc1. The lowest BCUT2D eigenvalue weighted by Gasteiger charge is -2.23. The van der Waals surface area contributed by atoms with Gasteiger partial charge in [-0.1, -0.05) is 18.6 Å². The van der Waals surface area contributed by atoms with Crippen LogP contribution in [0.2, 0.25) is 0 Å². The summed E-state index contributed by atoms with van der Waals surface area (Å²) in [6.45, 7) is 2.30. The van der Waals surface area contributed by atoms with Crippen LogP contribution in [0, 0.1) is 0 Å². The molecule has 1 aliphatic rings. The summed E-state index contributed by atoms with van der Waals surface area (Å²) in [4.78, 5) is 11.2. The Morgan fingerprint density at radius 2 is 1.95 bits per heavy atom. The second-order valence-electron chi connectivity index (χ2n) is 5.03. The van der Waals surface area contributed by atoms with E-state index in [1.165, 1.54) is 19.8 Å². The van der Waals surface area contributed by atoms with Crippen LogP contribution in [0.4, 0.5) is 0 Å². The van der Waals surface area contributed by atoms with Crippen molar-refractivity contribution in [3.63, 3.8) is 0 Å². The van der Waals surface area contributed by atoms with Gasteiger partial charge >= 0.3 is 0 Å². The molecule has 0 amide bonds. The molecule has 0 spiro atoms. The van der Waals surface area contributed by atoms with Gasteiger partial charge in [-0.3, -0.25) is 4.79 Å². The minimum Gasteiger partial charge on any atom is -0.310 e. The van der Waals surface area contributed by atoms with Crippen molar-refractivity contribution in [2.45, 2.75) is 37.1 Å². The number of carbonyl (C=O) groups is 1. The number of rotatable bonds is 4. The van der Waals surface area contributed by atoms with Crippen molar-refractivity contribution in [2.24, 2.45) is 0 Å². The summed E-state index contributed by atoms with van der Waals surface area (Å²) in [5.74, 6) is -0.758. The van der Waals surface area contributed by atoms with Gasteiger partial charge in [0.15, 0.2) is 9.84 Å². The Labute approximate surface area is 114 Å². The molecule has 2 rings (SSSR count). The Morgan fingerprint density at radius 3 is 2.47 bits per heavy atom. The van der Waals surface area contributed by atoms with Gasteiger partial charge in [0.25, 0.3) is 0 Å². The zero-order valence-corrected chi connectivity index (χ0v) is 11.9. The summed E-state index contributed by atoms with van der Waals surface area (Å²) in [5, 5.41) is 3.42. The molecular weight excluding hydrogens is 262 g/mol. The summed E-state index contributed by atoms with van der Waals surface area (Å²) in [6.07, 6.45) is 3.48. The third-order valence-electron chi connectivity index (χ3n) is 3.35. The topological polar surface area (TPSA) is 63.2 Å². The number of ketones is 1. The van der Waals surface area contributed by atoms with E-state index in [4.69, 9.17) is 0 Å². The summed E-state index contributed by atoms with van der Waals surface area (Å²) >= 11 is 0. The van der Waals surface area contributed by atoms with E-state index in [0.29, 0.717) is 6.04 Å². The van der Waals surface area contributed by atoms with Crippen molar-refractivity contribution >= 4 is 15.6 Å². The molecule has 1 aromatic rings. The molecule has 1 N–H and O–H groups in total. The first-order valence-corrected chi connectivity index (χ1v) is 8.20. The third-order valence-corrected chi connectivity index (χ3v) is 5.12. The number of nitrogens with one attached hydrogen (secondary N) is 1. The van der Waals surface area contributed by atoms with Crippen molar-refractivity contribution in [1.29, 1.82) is 0 Å². The van der Waals surface area contributed by atoms with Gasteiger partial charge in [-0.05, 0) is 44.0 Å². The molecule has 1 heterocycles. The number of hydrogen-bond acceptors (Lipinski definition) is 4. The lowest BCUT2D eigenvalue weighted by molar-refractivity contribution is -0.114.